The normalized spacial score (nSPS) is 40.9. The van der Waals surface area contributed by atoms with Gasteiger partial charge in [-0.2, -0.15) is 0 Å². The highest BCUT2D eigenvalue weighted by atomic mass is 14.5. The Balaban J connectivity index is 2.12. The fourth-order valence-electron chi connectivity index (χ4n) is 2.01. The lowest BCUT2D eigenvalue weighted by molar-refractivity contribution is 0.416. The first-order valence-electron chi connectivity index (χ1n) is 3.68. The van der Waals surface area contributed by atoms with Gasteiger partial charge in [-0.15, -0.1) is 0 Å². The minimum Gasteiger partial charge on any atom is -0.0620 e. The minimum atomic E-state index is 0.778. The van der Waals surface area contributed by atoms with E-state index in [2.05, 4.69) is 13.3 Å². The molecule has 0 aromatic carbocycles. The summed E-state index contributed by atoms with van der Waals surface area (Å²) in [6.45, 7) is 2.40. The Hall–Kier alpha value is 0. The van der Waals surface area contributed by atoms with Crippen molar-refractivity contribution < 1.29 is 0 Å². The molecule has 2 saturated carbocycles. The topological polar surface area (TPSA) is 0 Å². The van der Waals surface area contributed by atoms with Crippen molar-refractivity contribution >= 4 is 0 Å². The van der Waals surface area contributed by atoms with Crippen LogP contribution in [0.1, 0.15) is 32.6 Å². The van der Waals surface area contributed by atoms with E-state index in [0.717, 1.165) is 11.3 Å². The summed E-state index contributed by atoms with van der Waals surface area (Å²) in [5, 5.41) is 0. The van der Waals surface area contributed by atoms with Crippen LogP contribution in [0.2, 0.25) is 0 Å². The minimum absolute atomic E-state index is 0.778. The highest BCUT2D eigenvalue weighted by Crippen LogP contribution is 2.59. The molecule has 2 fully saturated rings. The van der Waals surface area contributed by atoms with Crippen molar-refractivity contribution in [1.82, 2.24) is 0 Å². The van der Waals surface area contributed by atoms with Gasteiger partial charge in [-0.3, -0.25) is 0 Å². The molecule has 0 aromatic heterocycles. The first-order valence-corrected chi connectivity index (χ1v) is 3.68. The van der Waals surface area contributed by atoms with Crippen molar-refractivity contribution in [3.8, 4) is 0 Å². The number of hydrogen-bond acceptors (Lipinski definition) is 0. The van der Waals surface area contributed by atoms with Crippen LogP contribution in [0.5, 0.6) is 0 Å². The van der Waals surface area contributed by atoms with Gasteiger partial charge in [-0.05, 0) is 30.6 Å². The van der Waals surface area contributed by atoms with Crippen molar-refractivity contribution in [2.24, 2.45) is 11.3 Å². The molecule has 45 valence electrons. The maximum absolute atomic E-state index is 2.50. The lowest BCUT2D eigenvalue weighted by Gasteiger charge is -2.09. The average Bonchev–Trinajstić information content (AvgIpc) is 2.39. The molecule has 2 unspecified atom stereocenters. The van der Waals surface area contributed by atoms with E-state index in [1.807, 2.05) is 0 Å². The molecule has 2 aliphatic rings. The predicted molar refractivity (Wildman–Crippen MR) is 34.4 cm³/mol. The van der Waals surface area contributed by atoms with Crippen LogP contribution in [0.3, 0.4) is 0 Å². The Morgan fingerprint density at radius 2 is 2.38 bits per heavy atom. The summed E-state index contributed by atoms with van der Waals surface area (Å²) in [5.74, 6) is 1.02. The third-order valence-corrected chi connectivity index (χ3v) is 2.99. The second-order valence-electron chi connectivity index (χ2n) is 3.43. The zero-order valence-electron chi connectivity index (χ0n) is 5.48. The monoisotopic (exact) mass is 109 g/mol. The molecule has 0 nitrogen and oxygen atoms in total. The van der Waals surface area contributed by atoms with Crippen LogP contribution < -0.4 is 0 Å². The van der Waals surface area contributed by atoms with Crippen molar-refractivity contribution in [3.63, 3.8) is 0 Å². The molecule has 0 aromatic rings. The second kappa shape index (κ2) is 1.29. The van der Waals surface area contributed by atoms with Crippen molar-refractivity contribution in [2.45, 2.75) is 32.6 Å². The van der Waals surface area contributed by atoms with Crippen LogP contribution in [0.15, 0.2) is 0 Å². The van der Waals surface area contributed by atoms with Crippen molar-refractivity contribution in [2.75, 3.05) is 0 Å². The quantitative estimate of drug-likeness (QED) is 0.448. The molecule has 1 spiro atoms. The van der Waals surface area contributed by atoms with E-state index in [-0.39, 0.29) is 0 Å². The van der Waals surface area contributed by atoms with E-state index in [1.165, 1.54) is 25.7 Å². The van der Waals surface area contributed by atoms with Crippen LogP contribution in [-0.2, 0) is 0 Å². The zero-order valence-corrected chi connectivity index (χ0v) is 5.48. The molecule has 2 aliphatic carbocycles. The van der Waals surface area contributed by atoms with Gasteiger partial charge in [0, 0.05) is 0 Å². The van der Waals surface area contributed by atoms with Crippen molar-refractivity contribution in [3.05, 3.63) is 6.42 Å². The van der Waals surface area contributed by atoms with Gasteiger partial charge in [-0.1, -0.05) is 19.8 Å². The lowest BCUT2D eigenvalue weighted by Crippen LogP contribution is -2.02. The molecule has 0 saturated heterocycles. The first kappa shape index (κ1) is 4.84. The van der Waals surface area contributed by atoms with E-state index in [9.17, 15) is 0 Å². The molecule has 0 bridgehead atoms. The third kappa shape index (κ3) is 0.463. The molecule has 1 radical (unpaired) electrons. The molecule has 0 heterocycles. The van der Waals surface area contributed by atoms with Gasteiger partial charge < -0.3 is 0 Å². The summed E-state index contributed by atoms with van der Waals surface area (Å²) >= 11 is 0. The third-order valence-electron chi connectivity index (χ3n) is 2.99. The second-order valence-corrected chi connectivity index (χ2v) is 3.43. The van der Waals surface area contributed by atoms with E-state index in [4.69, 9.17) is 0 Å². The Morgan fingerprint density at radius 3 is 2.62 bits per heavy atom. The van der Waals surface area contributed by atoms with Gasteiger partial charge in [0.1, 0.15) is 0 Å². The molecular formula is C8H13. The summed E-state index contributed by atoms with van der Waals surface area (Å²) in [6, 6.07) is 0. The largest absolute Gasteiger partial charge is 0.0620 e. The highest BCUT2D eigenvalue weighted by Gasteiger charge is 2.49. The fourth-order valence-corrected chi connectivity index (χ4v) is 2.01. The molecule has 0 N–H and O–H groups in total. The smallest absolute Gasteiger partial charge is 0.0237 e. The summed E-state index contributed by atoms with van der Waals surface area (Å²) in [7, 11) is 0. The molecule has 2 atom stereocenters. The van der Waals surface area contributed by atoms with E-state index in [0.29, 0.717) is 0 Å². The van der Waals surface area contributed by atoms with Gasteiger partial charge in [0.25, 0.3) is 0 Å². The number of rotatable bonds is 0. The summed E-state index contributed by atoms with van der Waals surface area (Å²) < 4.78 is 0. The standard InChI is InChI=1S/C8H13/c1-7-3-2-4-8(7)5-6-8/h5,7H,2-4,6H2,1H3. The van der Waals surface area contributed by atoms with E-state index >= 15 is 0 Å². The Labute approximate surface area is 51.3 Å². The van der Waals surface area contributed by atoms with E-state index in [1.54, 1.807) is 0 Å². The molecule has 0 heteroatoms. The van der Waals surface area contributed by atoms with Crippen LogP contribution in [0, 0.1) is 17.8 Å². The first-order chi connectivity index (χ1) is 3.83. The molecule has 8 heavy (non-hydrogen) atoms. The van der Waals surface area contributed by atoms with Gasteiger partial charge >= 0.3 is 0 Å². The van der Waals surface area contributed by atoms with Gasteiger partial charge in [0.15, 0.2) is 0 Å². The fraction of sp³-hybridized carbons (Fsp3) is 0.875. The van der Waals surface area contributed by atoms with Crippen LogP contribution in [-0.4, -0.2) is 0 Å². The number of hydrogen-bond donors (Lipinski definition) is 0. The summed E-state index contributed by atoms with van der Waals surface area (Å²) in [6.07, 6.45) is 8.39. The predicted octanol–water partition coefficient (Wildman–Crippen LogP) is 2.40. The van der Waals surface area contributed by atoms with Gasteiger partial charge in [-0.25, -0.2) is 0 Å². The molecule has 0 amide bonds. The Morgan fingerprint density at radius 1 is 1.62 bits per heavy atom. The van der Waals surface area contributed by atoms with E-state index < -0.39 is 0 Å². The maximum atomic E-state index is 2.50. The van der Waals surface area contributed by atoms with Gasteiger partial charge in [0.2, 0.25) is 0 Å². The van der Waals surface area contributed by atoms with Gasteiger partial charge in [0.05, 0.1) is 0 Å². The Bertz CT molecular complexity index is 101. The van der Waals surface area contributed by atoms with Crippen LogP contribution >= 0.6 is 0 Å². The van der Waals surface area contributed by atoms with Crippen molar-refractivity contribution in [1.29, 1.82) is 0 Å². The maximum Gasteiger partial charge on any atom is -0.0237 e. The lowest BCUT2D eigenvalue weighted by atomic mass is 9.95. The molecule has 2 rings (SSSR count). The SMILES string of the molecule is CC1CCCC12[CH]C2. The van der Waals surface area contributed by atoms with Crippen LogP contribution in [0.4, 0.5) is 0 Å². The highest BCUT2D eigenvalue weighted by molar-refractivity contribution is 5.14. The molecular weight excluding hydrogens is 96.1 g/mol. The molecule has 0 aliphatic heterocycles. The van der Waals surface area contributed by atoms with Crippen LogP contribution in [0.25, 0.3) is 0 Å². The summed E-state index contributed by atoms with van der Waals surface area (Å²) in [5.41, 5.74) is 0.778. The average molecular weight is 109 g/mol. The zero-order chi connectivity index (χ0) is 5.61. The summed E-state index contributed by atoms with van der Waals surface area (Å²) in [4.78, 5) is 0. The Kier molecular flexibility index (Phi) is 0.778.